The minimum Gasteiger partial charge on any atom is -0.348 e. The van der Waals surface area contributed by atoms with Gasteiger partial charge in [-0.2, -0.15) is 0 Å². The van der Waals surface area contributed by atoms with E-state index in [-0.39, 0.29) is 11.9 Å². The second-order valence-electron chi connectivity index (χ2n) is 7.08. The van der Waals surface area contributed by atoms with Gasteiger partial charge in [0.25, 0.3) is 0 Å². The van der Waals surface area contributed by atoms with Gasteiger partial charge in [-0.1, -0.05) is 50.2 Å². The van der Waals surface area contributed by atoms with Crippen LogP contribution in [0.3, 0.4) is 0 Å². The Hall–Kier alpha value is -3.01. The van der Waals surface area contributed by atoms with Crippen LogP contribution < -0.4 is 5.32 Å². The molecule has 3 aromatic rings. The third kappa shape index (κ3) is 5.00. The molecule has 0 saturated heterocycles. The number of amides is 1. The monoisotopic (exact) mass is 359 g/mol. The molecule has 138 valence electrons. The van der Waals surface area contributed by atoms with E-state index in [0.717, 1.165) is 22.4 Å². The zero-order chi connectivity index (χ0) is 19.2. The molecular formula is C23H25N3O. The first-order valence-electron chi connectivity index (χ1n) is 9.27. The number of rotatable bonds is 6. The lowest BCUT2D eigenvalue weighted by Gasteiger charge is -2.14. The number of hydrogen-bond donors (Lipinski definition) is 1. The van der Waals surface area contributed by atoms with Gasteiger partial charge in [0.15, 0.2) is 0 Å². The fourth-order valence-electron chi connectivity index (χ4n) is 2.94. The summed E-state index contributed by atoms with van der Waals surface area (Å²) in [6, 6.07) is 16.0. The molecule has 0 bridgehead atoms. The predicted molar refractivity (Wildman–Crippen MR) is 108 cm³/mol. The molecule has 0 aliphatic heterocycles. The van der Waals surface area contributed by atoms with E-state index < -0.39 is 0 Å². The summed E-state index contributed by atoms with van der Waals surface area (Å²) in [5, 5.41) is 3.03. The third-order valence-corrected chi connectivity index (χ3v) is 4.61. The Balaban J connectivity index is 1.59. The first kappa shape index (κ1) is 18.8. The molecule has 0 radical (unpaired) electrons. The summed E-state index contributed by atoms with van der Waals surface area (Å²) in [5.41, 5.74) is 5.18. The average Bonchev–Trinajstić information content (AvgIpc) is 2.69. The zero-order valence-electron chi connectivity index (χ0n) is 16.0. The number of hydrogen-bond acceptors (Lipinski definition) is 3. The highest BCUT2D eigenvalue weighted by atomic mass is 16.1. The van der Waals surface area contributed by atoms with Crippen molar-refractivity contribution in [2.45, 2.75) is 39.2 Å². The molecule has 0 unspecified atom stereocenters. The van der Waals surface area contributed by atoms with Crippen LogP contribution in [0.15, 0.2) is 67.1 Å². The van der Waals surface area contributed by atoms with Gasteiger partial charge in [-0.05, 0) is 36.1 Å². The summed E-state index contributed by atoms with van der Waals surface area (Å²) in [5.74, 6) is 0.492. The Morgan fingerprint density at radius 1 is 0.963 bits per heavy atom. The van der Waals surface area contributed by atoms with Crippen LogP contribution in [-0.4, -0.2) is 15.9 Å². The Kier molecular flexibility index (Phi) is 5.97. The molecule has 4 nitrogen and oxygen atoms in total. The molecule has 4 heteroatoms. The van der Waals surface area contributed by atoms with Crippen molar-refractivity contribution >= 4 is 5.91 Å². The Morgan fingerprint density at radius 3 is 2.30 bits per heavy atom. The normalized spacial score (nSPS) is 12.0. The molecule has 0 spiro atoms. The summed E-state index contributed by atoms with van der Waals surface area (Å²) < 4.78 is 0. The van der Waals surface area contributed by atoms with Crippen LogP contribution in [0.5, 0.6) is 0 Å². The largest absolute Gasteiger partial charge is 0.348 e. The van der Waals surface area contributed by atoms with Crippen molar-refractivity contribution in [2.75, 3.05) is 0 Å². The predicted octanol–water partition coefficient (Wildman–Crippen LogP) is 4.69. The zero-order valence-corrected chi connectivity index (χ0v) is 16.0. The van der Waals surface area contributed by atoms with Crippen molar-refractivity contribution < 1.29 is 4.79 Å². The molecule has 0 saturated carbocycles. The molecule has 2 heterocycles. The van der Waals surface area contributed by atoms with E-state index in [2.05, 4.69) is 41.3 Å². The van der Waals surface area contributed by atoms with Crippen LogP contribution in [0, 0.1) is 0 Å². The van der Waals surface area contributed by atoms with E-state index in [1.165, 1.54) is 5.56 Å². The van der Waals surface area contributed by atoms with Crippen molar-refractivity contribution in [3.8, 4) is 11.1 Å². The lowest BCUT2D eigenvalue weighted by atomic mass is 10.0. The number of carbonyl (C=O) groups excluding carboxylic acids is 1. The quantitative estimate of drug-likeness (QED) is 0.695. The summed E-state index contributed by atoms with van der Waals surface area (Å²) in [4.78, 5) is 21.0. The van der Waals surface area contributed by atoms with Crippen LogP contribution >= 0.6 is 0 Å². The molecule has 0 aliphatic rings. The second-order valence-corrected chi connectivity index (χ2v) is 7.08. The molecule has 1 N–H and O–H groups in total. The maximum atomic E-state index is 12.4. The van der Waals surface area contributed by atoms with Gasteiger partial charge in [0.2, 0.25) is 5.91 Å². The molecular weight excluding hydrogens is 334 g/mol. The third-order valence-electron chi connectivity index (χ3n) is 4.61. The van der Waals surface area contributed by atoms with E-state index in [1.54, 1.807) is 6.20 Å². The van der Waals surface area contributed by atoms with Gasteiger partial charge in [0.1, 0.15) is 0 Å². The van der Waals surface area contributed by atoms with E-state index >= 15 is 0 Å². The lowest BCUT2D eigenvalue weighted by Crippen LogP contribution is -2.28. The van der Waals surface area contributed by atoms with Gasteiger partial charge < -0.3 is 5.32 Å². The van der Waals surface area contributed by atoms with Crippen LogP contribution in [-0.2, 0) is 11.2 Å². The minimum atomic E-state index is -0.143. The number of nitrogens with zero attached hydrogens (tertiary/aromatic N) is 2. The SMILES string of the molecule is CC(C)c1ccc(CC(=O)N[C@H](C)c2ccc(-c3cccnc3)cn2)cc1. The van der Waals surface area contributed by atoms with Crippen molar-refractivity contribution in [3.05, 3.63) is 83.9 Å². The number of benzene rings is 1. The van der Waals surface area contributed by atoms with E-state index in [9.17, 15) is 4.79 Å². The summed E-state index contributed by atoms with van der Waals surface area (Å²) >= 11 is 0. The topological polar surface area (TPSA) is 54.9 Å². The van der Waals surface area contributed by atoms with Gasteiger partial charge in [-0.15, -0.1) is 0 Å². The smallest absolute Gasteiger partial charge is 0.224 e. The van der Waals surface area contributed by atoms with E-state index in [1.807, 2.05) is 55.7 Å². The van der Waals surface area contributed by atoms with Crippen LogP contribution in [0.4, 0.5) is 0 Å². The minimum absolute atomic E-state index is 0.00191. The van der Waals surface area contributed by atoms with E-state index in [4.69, 9.17) is 0 Å². The van der Waals surface area contributed by atoms with Crippen molar-refractivity contribution in [1.29, 1.82) is 0 Å². The van der Waals surface area contributed by atoms with Gasteiger partial charge in [-0.3, -0.25) is 14.8 Å². The van der Waals surface area contributed by atoms with Crippen molar-refractivity contribution in [1.82, 2.24) is 15.3 Å². The van der Waals surface area contributed by atoms with Crippen LogP contribution in [0.25, 0.3) is 11.1 Å². The van der Waals surface area contributed by atoms with Crippen LogP contribution in [0.2, 0.25) is 0 Å². The maximum Gasteiger partial charge on any atom is 0.224 e. The van der Waals surface area contributed by atoms with Gasteiger partial charge >= 0.3 is 0 Å². The highest BCUT2D eigenvalue weighted by Gasteiger charge is 2.12. The maximum absolute atomic E-state index is 12.4. The van der Waals surface area contributed by atoms with Gasteiger partial charge in [0, 0.05) is 29.7 Å². The number of nitrogens with one attached hydrogen (secondary N) is 1. The molecule has 2 aromatic heterocycles. The first-order valence-corrected chi connectivity index (χ1v) is 9.27. The highest BCUT2D eigenvalue weighted by molar-refractivity contribution is 5.79. The molecule has 1 atom stereocenters. The lowest BCUT2D eigenvalue weighted by molar-refractivity contribution is -0.121. The van der Waals surface area contributed by atoms with Crippen molar-refractivity contribution in [2.24, 2.45) is 0 Å². The molecule has 0 fully saturated rings. The van der Waals surface area contributed by atoms with Crippen LogP contribution in [0.1, 0.15) is 49.6 Å². The van der Waals surface area contributed by atoms with E-state index in [0.29, 0.717) is 12.3 Å². The first-order chi connectivity index (χ1) is 13.0. The summed E-state index contributed by atoms with van der Waals surface area (Å²) in [7, 11) is 0. The molecule has 1 amide bonds. The average molecular weight is 359 g/mol. The standard InChI is InChI=1S/C23H25N3O/c1-16(2)19-8-6-18(7-9-19)13-23(27)26-17(3)22-11-10-21(15-25-22)20-5-4-12-24-14-20/h4-12,14-17H,13H2,1-3H3,(H,26,27)/t17-/m1/s1. The number of aromatic nitrogens is 2. The number of pyridine rings is 2. The Bertz CT molecular complexity index is 872. The summed E-state index contributed by atoms with van der Waals surface area (Å²) in [6.07, 6.45) is 5.75. The Morgan fingerprint density at radius 2 is 1.70 bits per heavy atom. The fraction of sp³-hybridized carbons (Fsp3) is 0.261. The van der Waals surface area contributed by atoms with Crippen molar-refractivity contribution in [3.63, 3.8) is 0 Å². The molecule has 0 aliphatic carbocycles. The van der Waals surface area contributed by atoms with Gasteiger partial charge in [0.05, 0.1) is 18.2 Å². The Labute approximate surface area is 160 Å². The summed E-state index contributed by atoms with van der Waals surface area (Å²) in [6.45, 7) is 6.28. The molecule has 27 heavy (non-hydrogen) atoms. The highest BCUT2D eigenvalue weighted by Crippen LogP contribution is 2.19. The van der Waals surface area contributed by atoms with Gasteiger partial charge in [-0.25, -0.2) is 0 Å². The molecule has 1 aromatic carbocycles. The fourth-order valence-corrected chi connectivity index (χ4v) is 2.94. The second kappa shape index (κ2) is 8.58. The molecule has 3 rings (SSSR count). The number of carbonyl (C=O) groups is 1.